The molecule has 0 aromatic heterocycles. The first kappa shape index (κ1) is 24.6. The Morgan fingerprint density at radius 3 is 2.50 bits per heavy atom. The van der Waals surface area contributed by atoms with Crippen LogP contribution in [0.2, 0.25) is 0 Å². The molecule has 1 aliphatic rings. The summed E-state index contributed by atoms with van der Waals surface area (Å²) >= 11 is 0. The Morgan fingerprint density at radius 1 is 1.06 bits per heavy atom. The van der Waals surface area contributed by atoms with E-state index < -0.39 is 5.97 Å². The highest BCUT2D eigenvalue weighted by atomic mass is 16.5. The van der Waals surface area contributed by atoms with Gasteiger partial charge in [0.1, 0.15) is 12.4 Å². The number of hydrogen-bond acceptors (Lipinski definition) is 7. The number of amides is 1. The van der Waals surface area contributed by atoms with Crippen molar-refractivity contribution in [3.63, 3.8) is 0 Å². The molecule has 3 aromatic carbocycles. The topological polar surface area (TPSA) is 124 Å². The molecular formula is C27H26N4O5. The number of aliphatic carboxylic acids is 1. The van der Waals surface area contributed by atoms with Gasteiger partial charge in [0.15, 0.2) is 5.71 Å². The third-order valence-corrected chi connectivity index (χ3v) is 5.81. The van der Waals surface area contributed by atoms with E-state index in [4.69, 9.17) is 9.84 Å². The van der Waals surface area contributed by atoms with Gasteiger partial charge in [-0.3, -0.25) is 10.2 Å². The van der Waals surface area contributed by atoms with Gasteiger partial charge < -0.3 is 14.9 Å². The van der Waals surface area contributed by atoms with Crippen molar-refractivity contribution in [3.8, 4) is 16.9 Å². The van der Waals surface area contributed by atoms with E-state index in [0.717, 1.165) is 22.3 Å². The second-order valence-electron chi connectivity index (χ2n) is 8.43. The zero-order valence-corrected chi connectivity index (χ0v) is 20.1. The number of nitrogens with zero attached hydrogens (tertiary/aromatic N) is 3. The number of hydrogen-bond donors (Lipinski definition) is 3. The first-order valence-corrected chi connectivity index (χ1v) is 11.3. The normalized spacial score (nSPS) is 14.3. The lowest BCUT2D eigenvalue weighted by molar-refractivity contribution is -0.142. The van der Waals surface area contributed by atoms with E-state index >= 15 is 0 Å². The molecule has 0 saturated heterocycles. The predicted octanol–water partition coefficient (Wildman–Crippen LogP) is 4.47. The minimum atomic E-state index is -1.02. The van der Waals surface area contributed by atoms with Gasteiger partial charge in [-0.25, -0.2) is 4.79 Å². The van der Waals surface area contributed by atoms with E-state index in [9.17, 15) is 14.7 Å². The number of rotatable bonds is 8. The number of hydrazone groups is 2. The molecule has 3 aromatic rings. The van der Waals surface area contributed by atoms with Gasteiger partial charge in [0.2, 0.25) is 0 Å². The lowest BCUT2D eigenvalue weighted by Crippen LogP contribution is -2.28. The van der Waals surface area contributed by atoms with Gasteiger partial charge in [-0.15, -0.1) is 0 Å². The van der Waals surface area contributed by atoms with Crippen molar-refractivity contribution in [2.45, 2.75) is 27.4 Å². The van der Waals surface area contributed by atoms with Gasteiger partial charge in [0.05, 0.1) is 23.7 Å². The van der Waals surface area contributed by atoms with Crippen LogP contribution >= 0.6 is 0 Å². The van der Waals surface area contributed by atoms with Crippen molar-refractivity contribution < 1.29 is 24.5 Å². The Balaban J connectivity index is 1.50. The average molecular weight is 487 g/mol. The standard InChI is InChI=1S/C27H26N4O5/c1-16-7-12-21(13-17(16)2)31-27(35)25(18(3)30-31)29-28-23-6-4-5-22(26(23)34)20-10-8-19(9-11-20)14-36-15-24(32)33/h4-13,28,34H,14-15H2,1-3H3,(H,32,33)/b29-25-. The lowest BCUT2D eigenvalue weighted by Gasteiger charge is -2.13. The Kier molecular flexibility index (Phi) is 7.12. The van der Waals surface area contributed by atoms with Gasteiger partial charge >= 0.3 is 11.9 Å². The van der Waals surface area contributed by atoms with Crippen LogP contribution in [0.15, 0.2) is 70.9 Å². The number of carboxylic acids is 1. The largest absolute Gasteiger partial charge is 0.505 e. The highest BCUT2D eigenvalue weighted by Crippen LogP contribution is 2.35. The molecule has 36 heavy (non-hydrogen) atoms. The van der Waals surface area contributed by atoms with Crippen LogP contribution in [0.4, 0.5) is 11.4 Å². The van der Waals surface area contributed by atoms with E-state index in [1.807, 2.05) is 44.2 Å². The number of phenols is 1. The molecule has 4 rings (SSSR count). The van der Waals surface area contributed by atoms with Crippen LogP contribution in [0.5, 0.6) is 5.75 Å². The fraction of sp³-hybridized carbons (Fsp3) is 0.185. The summed E-state index contributed by atoms with van der Waals surface area (Å²) in [6.45, 7) is 5.49. The fourth-order valence-corrected chi connectivity index (χ4v) is 3.68. The smallest absolute Gasteiger partial charge is 0.329 e. The molecule has 184 valence electrons. The SMILES string of the molecule is CC1=NN(c2ccc(C)c(C)c2)C(=O)/C1=N\Nc1cccc(-c2ccc(COCC(=O)O)cc2)c1O. The summed E-state index contributed by atoms with van der Waals surface area (Å²) in [6, 6.07) is 18.1. The molecule has 1 aliphatic heterocycles. The molecule has 0 unspecified atom stereocenters. The number of benzene rings is 3. The molecule has 0 saturated carbocycles. The number of carbonyl (C=O) groups excluding carboxylic acids is 1. The maximum absolute atomic E-state index is 13.0. The van der Waals surface area contributed by atoms with Crippen LogP contribution in [0.3, 0.4) is 0 Å². The minimum absolute atomic E-state index is 0.0252. The minimum Gasteiger partial charge on any atom is -0.505 e. The number of anilines is 2. The van der Waals surface area contributed by atoms with E-state index in [-0.39, 0.29) is 30.6 Å². The predicted molar refractivity (Wildman–Crippen MR) is 138 cm³/mol. The Labute approximate surface area is 208 Å². The number of nitrogens with one attached hydrogen (secondary N) is 1. The van der Waals surface area contributed by atoms with Crippen molar-refractivity contribution in [1.82, 2.24) is 0 Å². The first-order chi connectivity index (χ1) is 17.2. The van der Waals surface area contributed by atoms with Gasteiger partial charge in [-0.05, 0) is 61.2 Å². The summed E-state index contributed by atoms with van der Waals surface area (Å²) in [4.78, 5) is 23.6. The van der Waals surface area contributed by atoms with Crippen molar-refractivity contribution in [2.24, 2.45) is 10.2 Å². The number of phenolic OH excluding ortho intramolecular Hbond substituents is 1. The van der Waals surface area contributed by atoms with Crippen molar-refractivity contribution in [3.05, 3.63) is 77.4 Å². The lowest BCUT2D eigenvalue weighted by atomic mass is 10.0. The summed E-state index contributed by atoms with van der Waals surface area (Å²) in [5, 5.41) is 29.5. The molecule has 3 N–H and O–H groups in total. The van der Waals surface area contributed by atoms with Crippen LogP contribution in [-0.4, -0.2) is 40.1 Å². The molecule has 1 amide bonds. The van der Waals surface area contributed by atoms with Gasteiger partial charge in [-0.2, -0.15) is 15.2 Å². The molecule has 0 fully saturated rings. The van der Waals surface area contributed by atoms with Crippen LogP contribution < -0.4 is 10.4 Å². The molecule has 0 spiro atoms. The Bertz CT molecular complexity index is 1380. The van der Waals surface area contributed by atoms with Gasteiger partial charge in [0.25, 0.3) is 0 Å². The van der Waals surface area contributed by atoms with Crippen molar-refractivity contribution in [1.29, 1.82) is 0 Å². The van der Waals surface area contributed by atoms with E-state index in [1.165, 1.54) is 5.01 Å². The quantitative estimate of drug-likeness (QED) is 0.319. The van der Waals surface area contributed by atoms with Crippen LogP contribution in [0, 0.1) is 13.8 Å². The van der Waals surface area contributed by atoms with Gasteiger partial charge in [-0.1, -0.05) is 42.5 Å². The first-order valence-electron chi connectivity index (χ1n) is 11.3. The summed E-state index contributed by atoms with van der Waals surface area (Å²) in [5.74, 6) is -1.41. The van der Waals surface area contributed by atoms with Gasteiger partial charge in [0, 0.05) is 5.56 Å². The molecule has 0 radical (unpaired) electrons. The Hall–Kier alpha value is -4.50. The van der Waals surface area contributed by atoms with E-state index in [1.54, 1.807) is 37.3 Å². The fourth-order valence-electron chi connectivity index (χ4n) is 3.68. The third kappa shape index (κ3) is 5.26. The monoisotopic (exact) mass is 486 g/mol. The number of aryl methyl sites for hydroxylation is 2. The number of carbonyl (C=O) groups is 2. The zero-order valence-electron chi connectivity index (χ0n) is 20.1. The van der Waals surface area contributed by atoms with Crippen LogP contribution in [0.25, 0.3) is 11.1 Å². The number of carboxylic acid groups (broad SMARTS) is 1. The van der Waals surface area contributed by atoms with Crippen LogP contribution in [0.1, 0.15) is 23.6 Å². The molecule has 9 heteroatoms. The maximum Gasteiger partial charge on any atom is 0.329 e. The molecule has 1 heterocycles. The second-order valence-corrected chi connectivity index (χ2v) is 8.43. The maximum atomic E-state index is 13.0. The molecule has 0 bridgehead atoms. The summed E-state index contributed by atoms with van der Waals surface area (Å²) in [7, 11) is 0. The van der Waals surface area contributed by atoms with E-state index in [0.29, 0.717) is 22.6 Å². The van der Waals surface area contributed by atoms with Crippen molar-refractivity contribution in [2.75, 3.05) is 17.0 Å². The summed E-state index contributed by atoms with van der Waals surface area (Å²) < 4.78 is 5.10. The van der Waals surface area contributed by atoms with E-state index in [2.05, 4.69) is 15.6 Å². The zero-order chi connectivity index (χ0) is 25.8. The highest BCUT2D eigenvalue weighted by Gasteiger charge is 2.31. The Morgan fingerprint density at radius 2 is 1.81 bits per heavy atom. The molecular weight excluding hydrogens is 460 g/mol. The second kappa shape index (κ2) is 10.4. The number of aromatic hydroxyl groups is 1. The molecule has 0 aliphatic carbocycles. The van der Waals surface area contributed by atoms with Crippen LogP contribution in [-0.2, 0) is 20.9 Å². The number of ether oxygens (including phenoxy) is 1. The molecule has 0 atom stereocenters. The highest BCUT2D eigenvalue weighted by molar-refractivity contribution is 6.71. The summed E-state index contributed by atoms with van der Waals surface area (Å²) in [5.41, 5.74) is 8.72. The third-order valence-electron chi connectivity index (χ3n) is 5.81. The van der Waals surface area contributed by atoms with Crippen molar-refractivity contribution >= 4 is 34.7 Å². The summed E-state index contributed by atoms with van der Waals surface area (Å²) in [6.07, 6.45) is 0. The number of para-hydroxylation sites is 1. The average Bonchev–Trinajstić information content (AvgIpc) is 3.13. The molecule has 9 nitrogen and oxygen atoms in total.